The van der Waals surface area contributed by atoms with Crippen LogP contribution in [0.25, 0.3) is 0 Å². The number of alkyl halides is 1. The summed E-state index contributed by atoms with van der Waals surface area (Å²) in [6, 6.07) is 0. The minimum absolute atomic E-state index is 0.216. The van der Waals surface area contributed by atoms with Crippen LogP contribution in [-0.4, -0.2) is 4.95 Å². The molecule has 12 heavy (non-hydrogen) atoms. The zero-order valence-electron chi connectivity index (χ0n) is 8.19. The van der Waals surface area contributed by atoms with Crippen molar-refractivity contribution in [1.29, 1.82) is 0 Å². The first-order valence-electron chi connectivity index (χ1n) is 5.17. The average molecular weight is 236 g/mol. The molecule has 0 aliphatic rings. The molecular weight excluding hydrogens is 214 g/mol. The van der Waals surface area contributed by atoms with Gasteiger partial charge in [0.2, 0.25) is 0 Å². The molecule has 0 fully saturated rings. The lowest BCUT2D eigenvalue weighted by molar-refractivity contribution is 0.573. The van der Waals surface area contributed by atoms with Crippen molar-refractivity contribution in [3.8, 4) is 0 Å². The van der Waals surface area contributed by atoms with Crippen LogP contribution >= 0.6 is 15.9 Å². The standard InChI is InChI=1S/C10H22BrN/c1-2-3-4-5-6-7-8-9-10(11)12/h10H,2-9,12H2,1H3. The molecule has 0 aromatic heterocycles. The zero-order chi connectivity index (χ0) is 9.23. The molecule has 0 amide bonds. The van der Waals surface area contributed by atoms with Crippen molar-refractivity contribution in [3.63, 3.8) is 0 Å². The Morgan fingerprint density at radius 3 is 2.00 bits per heavy atom. The Morgan fingerprint density at radius 1 is 1.00 bits per heavy atom. The van der Waals surface area contributed by atoms with Crippen LogP contribution < -0.4 is 5.73 Å². The maximum absolute atomic E-state index is 5.57. The lowest BCUT2D eigenvalue weighted by atomic mass is 10.1. The van der Waals surface area contributed by atoms with Crippen LogP contribution in [0.3, 0.4) is 0 Å². The highest BCUT2D eigenvalue weighted by atomic mass is 79.9. The van der Waals surface area contributed by atoms with Gasteiger partial charge in [-0.1, -0.05) is 67.8 Å². The van der Waals surface area contributed by atoms with E-state index in [0.717, 1.165) is 6.42 Å². The normalized spacial score (nSPS) is 13.2. The third-order valence-electron chi connectivity index (χ3n) is 2.08. The molecular formula is C10H22BrN. The van der Waals surface area contributed by atoms with Crippen LogP contribution in [0.2, 0.25) is 0 Å². The Balaban J connectivity index is 2.82. The molecule has 1 nitrogen and oxygen atoms in total. The maximum atomic E-state index is 5.57. The Hall–Kier alpha value is 0.440. The van der Waals surface area contributed by atoms with Crippen molar-refractivity contribution in [1.82, 2.24) is 0 Å². The van der Waals surface area contributed by atoms with Crippen molar-refractivity contribution < 1.29 is 0 Å². The molecule has 0 bridgehead atoms. The summed E-state index contributed by atoms with van der Waals surface area (Å²) in [4.78, 5) is 0.216. The predicted molar refractivity (Wildman–Crippen MR) is 59.5 cm³/mol. The van der Waals surface area contributed by atoms with Gasteiger partial charge in [0.25, 0.3) is 0 Å². The molecule has 0 heterocycles. The smallest absolute Gasteiger partial charge is 0.0605 e. The summed E-state index contributed by atoms with van der Waals surface area (Å²) in [6.45, 7) is 2.25. The van der Waals surface area contributed by atoms with Gasteiger partial charge in [-0.3, -0.25) is 0 Å². The molecule has 0 spiro atoms. The topological polar surface area (TPSA) is 26.0 Å². The summed E-state index contributed by atoms with van der Waals surface area (Å²) in [7, 11) is 0. The number of halogens is 1. The van der Waals surface area contributed by atoms with Crippen LogP contribution in [0.15, 0.2) is 0 Å². The summed E-state index contributed by atoms with van der Waals surface area (Å²) in [5.41, 5.74) is 5.57. The molecule has 0 aliphatic carbocycles. The van der Waals surface area contributed by atoms with Crippen LogP contribution in [0.5, 0.6) is 0 Å². The van der Waals surface area contributed by atoms with Gasteiger partial charge in [-0.25, -0.2) is 0 Å². The average Bonchev–Trinajstić information content (AvgIpc) is 2.02. The Labute approximate surface area is 85.2 Å². The fourth-order valence-electron chi connectivity index (χ4n) is 1.30. The number of rotatable bonds is 8. The van der Waals surface area contributed by atoms with Crippen molar-refractivity contribution >= 4 is 15.9 Å². The quantitative estimate of drug-likeness (QED) is 0.387. The van der Waals surface area contributed by atoms with E-state index in [1.54, 1.807) is 0 Å². The van der Waals surface area contributed by atoms with Gasteiger partial charge in [0.05, 0.1) is 4.95 Å². The molecule has 0 saturated carbocycles. The second-order valence-corrected chi connectivity index (χ2v) is 4.60. The molecule has 0 aromatic carbocycles. The van der Waals surface area contributed by atoms with Crippen molar-refractivity contribution in [2.45, 2.75) is 63.2 Å². The highest BCUT2D eigenvalue weighted by molar-refractivity contribution is 9.09. The van der Waals surface area contributed by atoms with Crippen LogP contribution in [0.1, 0.15) is 58.3 Å². The first kappa shape index (κ1) is 12.4. The van der Waals surface area contributed by atoms with Crippen LogP contribution in [0, 0.1) is 0 Å². The molecule has 2 heteroatoms. The van der Waals surface area contributed by atoms with E-state index >= 15 is 0 Å². The van der Waals surface area contributed by atoms with Gasteiger partial charge in [0.15, 0.2) is 0 Å². The molecule has 0 rings (SSSR count). The molecule has 74 valence electrons. The molecule has 0 saturated heterocycles. The van der Waals surface area contributed by atoms with Crippen molar-refractivity contribution in [3.05, 3.63) is 0 Å². The van der Waals surface area contributed by atoms with Gasteiger partial charge in [-0.2, -0.15) is 0 Å². The fourth-order valence-corrected chi connectivity index (χ4v) is 1.62. The fraction of sp³-hybridized carbons (Fsp3) is 1.00. The van der Waals surface area contributed by atoms with Crippen LogP contribution in [-0.2, 0) is 0 Å². The number of hydrogen-bond acceptors (Lipinski definition) is 1. The molecule has 1 unspecified atom stereocenters. The van der Waals surface area contributed by atoms with Gasteiger partial charge >= 0.3 is 0 Å². The first-order valence-corrected chi connectivity index (χ1v) is 6.08. The summed E-state index contributed by atoms with van der Waals surface area (Å²) in [5, 5.41) is 0. The SMILES string of the molecule is CCCCCCCCCC(N)Br. The minimum atomic E-state index is 0.216. The molecule has 0 aliphatic heterocycles. The lowest BCUT2D eigenvalue weighted by Gasteiger charge is -2.02. The monoisotopic (exact) mass is 235 g/mol. The van der Waals surface area contributed by atoms with E-state index in [0.29, 0.717) is 0 Å². The lowest BCUT2D eigenvalue weighted by Crippen LogP contribution is -2.09. The predicted octanol–water partition coefficient (Wildman–Crippen LogP) is 3.81. The summed E-state index contributed by atoms with van der Waals surface area (Å²) < 4.78 is 0. The van der Waals surface area contributed by atoms with Gasteiger partial charge in [-0.15, -0.1) is 0 Å². The second kappa shape index (κ2) is 9.53. The number of hydrogen-bond donors (Lipinski definition) is 1. The van der Waals surface area contributed by atoms with Crippen molar-refractivity contribution in [2.24, 2.45) is 5.73 Å². The van der Waals surface area contributed by atoms with E-state index in [9.17, 15) is 0 Å². The Morgan fingerprint density at radius 2 is 1.50 bits per heavy atom. The molecule has 1 atom stereocenters. The second-order valence-electron chi connectivity index (χ2n) is 3.43. The van der Waals surface area contributed by atoms with Crippen molar-refractivity contribution in [2.75, 3.05) is 0 Å². The molecule has 0 aromatic rings. The summed E-state index contributed by atoms with van der Waals surface area (Å²) >= 11 is 3.35. The highest BCUT2D eigenvalue weighted by Gasteiger charge is 1.95. The van der Waals surface area contributed by atoms with Gasteiger partial charge in [0.1, 0.15) is 0 Å². The van der Waals surface area contributed by atoms with E-state index in [4.69, 9.17) is 5.73 Å². The maximum Gasteiger partial charge on any atom is 0.0605 e. The third kappa shape index (κ3) is 10.4. The Bertz CT molecular complexity index is 83.9. The summed E-state index contributed by atoms with van der Waals surface area (Å²) in [6.07, 6.45) is 10.7. The first-order chi connectivity index (χ1) is 5.77. The number of nitrogens with two attached hydrogens (primary N) is 1. The van der Waals surface area contributed by atoms with Gasteiger partial charge in [0, 0.05) is 0 Å². The number of unbranched alkanes of at least 4 members (excludes halogenated alkanes) is 6. The van der Waals surface area contributed by atoms with E-state index < -0.39 is 0 Å². The van der Waals surface area contributed by atoms with E-state index in [1.807, 2.05) is 0 Å². The molecule has 2 N–H and O–H groups in total. The largest absolute Gasteiger partial charge is 0.319 e. The van der Waals surface area contributed by atoms with E-state index in [-0.39, 0.29) is 4.95 Å². The van der Waals surface area contributed by atoms with E-state index in [2.05, 4.69) is 22.9 Å². The third-order valence-corrected chi connectivity index (χ3v) is 2.54. The van der Waals surface area contributed by atoms with Gasteiger partial charge < -0.3 is 5.73 Å². The van der Waals surface area contributed by atoms with Crippen LogP contribution in [0.4, 0.5) is 0 Å². The Kier molecular flexibility index (Phi) is 9.88. The van der Waals surface area contributed by atoms with Gasteiger partial charge in [-0.05, 0) is 6.42 Å². The zero-order valence-corrected chi connectivity index (χ0v) is 9.78. The van der Waals surface area contributed by atoms with E-state index in [1.165, 1.54) is 44.9 Å². The summed E-state index contributed by atoms with van der Waals surface area (Å²) in [5.74, 6) is 0. The highest BCUT2D eigenvalue weighted by Crippen LogP contribution is 2.10. The molecule has 0 radical (unpaired) electrons. The minimum Gasteiger partial charge on any atom is -0.319 e.